The molecule has 0 aliphatic carbocycles. The second kappa shape index (κ2) is 5.48. The third-order valence-corrected chi connectivity index (χ3v) is 2.58. The van der Waals surface area contributed by atoms with Crippen molar-refractivity contribution in [1.29, 1.82) is 0 Å². The number of benzene rings is 1. The summed E-state index contributed by atoms with van der Waals surface area (Å²) in [6.07, 6.45) is 0. The standard InChI is InChI=1S/C14H14O5/c1-9-3-5-11(19-9)8-18-13-7-10(14(15)16)4-6-12(13)17-2/h3-7H,8H2,1-2H3,(H,15,16). The van der Waals surface area contributed by atoms with E-state index >= 15 is 0 Å². The summed E-state index contributed by atoms with van der Waals surface area (Å²) < 4.78 is 16.0. The van der Waals surface area contributed by atoms with Crippen molar-refractivity contribution >= 4 is 5.97 Å². The third-order valence-electron chi connectivity index (χ3n) is 2.58. The van der Waals surface area contributed by atoms with E-state index < -0.39 is 5.97 Å². The molecule has 0 unspecified atom stereocenters. The topological polar surface area (TPSA) is 68.9 Å². The molecule has 1 aromatic heterocycles. The van der Waals surface area contributed by atoms with E-state index in [1.165, 1.54) is 19.2 Å². The molecule has 0 saturated carbocycles. The summed E-state index contributed by atoms with van der Waals surface area (Å²) in [7, 11) is 1.50. The van der Waals surface area contributed by atoms with Crippen molar-refractivity contribution in [3.63, 3.8) is 0 Å². The minimum absolute atomic E-state index is 0.145. The average molecular weight is 262 g/mol. The van der Waals surface area contributed by atoms with E-state index in [-0.39, 0.29) is 12.2 Å². The first-order valence-corrected chi connectivity index (χ1v) is 5.69. The molecule has 0 spiro atoms. The van der Waals surface area contributed by atoms with Crippen molar-refractivity contribution in [2.45, 2.75) is 13.5 Å². The molecule has 0 fully saturated rings. The molecule has 0 amide bonds. The largest absolute Gasteiger partial charge is 0.493 e. The first kappa shape index (κ1) is 13.0. The van der Waals surface area contributed by atoms with Gasteiger partial charge in [-0.15, -0.1) is 0 Å². The van der Waals surface area contributed by atoms with E-state index in [2.05, 4.69) is 0 Å². The van der Waals surface area contributed by atoms with Gasteiger partial charge in [-0.2, -0.15) is 0 Å². The van der Waals surface area contributed by atoms with Crippen LogP contribution in [0.3, 0.4) is 0 Å². The van der Waals surface area contributed by atoms with Crippen molar-refractivity contribution in [1.82, 2.24) is 0 Å². The summed E-state index contributed by atoms with van der Waals surface area (Å²) in [6, 6.07) is 8.10. The average Bonchev–Trinajstić information content (AvgIpc) is 2.81. The molecule has 0 saturated heterocycles. The second-order valence-electron chi connectivity index (χ2n) is 3.97. The number of methoxy groups -OCH3 is 1. The Hall–Kier alpha value is -2.43. The van der Waals surface area contributed by atoms with Crippen LogP contribution in [0.2, 0.25) is 0 Å². The van der Waals surface area contributed by atoms with E-state index in [9.17, 15) is 4.79 Å². The molecule has 0 aliphatic heterocycles. The Morgan fingerprint density at radius 2 is 2.05 bits per heavy atom. The van der Waals surface area contributed by atoms with Gasteiger partial charge < -0.3 is 19.0 Å². The van der Waals surface area contributed by atoms with Crippen LogP contribution in [0.15, 0.2) is 34.7 Å². The van der Waals surface area contributed by atoms with Crippen LogP contribution in [-0.2, 0) is 6.61 Å². The number of carboxylic acids is 1. The van der Waals surface area contributed by atoms with E-state index in [0.717, 1.165) is 5.76 Å². The lowest BCUT2D eigenvalue weighted by Gasteiger charge is -2.10. The molecule has 100 valence electrons. The molecule has 1 aromatic carbocycles. The van der Waals surface area contributed by atoms with Gasteiger partial charge in [0.2, 0.25) is 0 Å². The highest BCUT2D eigenvalue weighted by Crippen LogP contribution is 2.29. The van der Waals surface area contributed by atoms with Crippen molar-refractivity contribution in [2.75, 3.05) is 7.11 Å². The van der Waals surface area contributed by atoms with E-state index in [0.29, 0.717) is 17.3 Å². The van der Waals surface area contributed by atoms with Gasteiger partial charge in [-0.25, -0.2) is 4.79 Å². The lowest BCUT2D eigenvalue weighted by molar-refractivity contribution is 0.0696. The lowest BCUT2D eigenvalue weighted by atomic mass is 10.2. The molecule has 5 nitrogen and oxygen atoms in total. The lowest BCUT2D eigenvalue weighted by Crippen LogP contribution is -2.01. The Morgan fingerprint density at radius 1 is 1.26 bits per heavy atom. The van der Waals surface area contributed by atoms with Gasteiger partial charge in [-0.05, 0) is 37.3 Å². The van der Waals surface area contributed by atoms with Gasteiger partial charge in [0.25, 0.3) is 0 Å². The molecule has 1 N–H and O–H groups in total. The van der Waals surface area contributed by atoms with Crippen LogP contribution < -0.4 is 9.47 Å². The molecule has 0 aliphatic rings. The van der Waals surface area contributed by atoms with Gasteiger partial charge in [0.15, 0.2) is 11.5 Å². The molecule has 0 atom stereocenters. The van der Waals surface area contributed by atoms with Gasteiger partial charge in [-0.3, -0.25) is 0 Å². The summed E-state index contributed by atoms with van der Waals surface area (Å²) in [4.78, 5) is 10.9. The second-order valence-corrected chi connectivity index (χ2v) is 3.97. The van der Waals surface area contributed by atoms with Crippen LogP contribution in [0.5, 0.6) is 11.5 Å². The number of furan rings is 1. The molecule has 0 bridgehead atoms. The number of hydrogen-bond acceptors (Lipinski definition) is 4. The smallest absolute Gasteiger partial charge is 0.335 e. The van der Waals surface area contributed by atoms with Crippen molar-refractivity contribution in [2.24, 2.45) is 0 Å². The molecule has 2 aromatic rings. The number of rotatable bonds is 5. The zero-order valence-corrected chi connectivity index (χ0v) is 10.7. The number of aromatic carboxylic acids is 1. The van der Waals surface area contributed by atoms with Crippen LogP contribution in [0.1, 0.15) is 21.9 Å². The normalized spacial score (nSPS) is 10.2. The maximum atomic E-state index is 10.9. The minimum Gasteiger partial charge on any atom is -0.493 e. The molecular weight excluding hydrogens is 248 g/mol. The number of hydrogen-bond donors (Lipinski definition) is 1. The fourth-order valence-corrected chi connectivity index (χ4v) is 1.63. The van der Waals surface area contributed by atoms with E-state index in [4.69, 9.17) is 19.0 Å². The fraction of sp³-hybridized carbons (Fsp3) is 0.214. The minimum atomic E-state index is -1.01. The van der Waals surface area contributed by atoms with Crippen molar-refractivity contribution in [3.8, 4) is 11.5 Å². The highest BCUT2D eigenvalue weighted by Gasteiger charge is 2.11. The fourth-order valence-electron chi connectivity index (χ4n) is 1.63. The predicted molar refractivity (Wildman–Crippen MR) is 67.7 cm³/mol. The highest BCUT2D eigenvalue weighted by molar-refractivity contribution is 5.88. The molecular formula is C14H14O5. The van der Waals surface area contributed by atoms with Gasteiger partial charge in [0.1, 0.15) is 18.1 Å². The molecule has 1 heterocycles. The summed E-state index contributed by atoms with van der Waals surface area (Å²) in [5, 5.41) is 8.95. The van der Waals surface area contributed by atoms with Crippen LogP contribution >= 0.6 is 0 Å². The first-order chi connectivity index (χ1) is 9.10. The molecule has 0 radical (unpaired) electrons. The van der Waals surface area contributed by atoms with Crippen molar-refractivity contribution in [3.05, 3.63) is 47.4 Å². The highest BCUT2D eigenvalue weighted by atomic mass is 16.5. The number of aryl methyl sites for hydroxylation is 1. The van der Waals surface area contributed by atoms with Crippen LogP contribution in [0, 0.1) is 6.92 Å². The summed E-state index contributed by atoms with van der Waals surface area (Å²) >= 11 is 0. The number of carboxylic acid groups (broad SMARTS) is 1. The van der Waals surface area contributed by atoms with E-state index in [1.807, 2.05) is 19.1 Å². The zero-order chi connectivity index (χ0) is 13.8. The molecule has 5 heteroatoms. The number of carbonyl (C=O) groups is 1. The van der Waals surface area contributed by atoms with Crippen LogP contribution in [0.25, 0.3) is 0 Å². The Bertz CT molecular complexity index is 585. The quantitative estimate of drug-likeness (QED) is 0.897. The van der Waals surface area contributed by atoms with Gasteiger partial charge in [0, 0.05) is 0 Å². The number of ether oxygens (including phenoxy) is 2. The summed E-state index contributed by atoms with van der Waals surface area (Å²) in [5.74, 6) is 1.30. The first-order valence-electron chi connectivity index (χ1n) is 5.69. The molecule has 19 heavy (non-hydrogen) atoms. The van der Waals surface area contributed by atoms with Crippen LogP contribution in [-0.4, -0.2) is 18.2 Å². The molecule has 2 rings (SSSR count). The third kappa shape index (κ3) is 3.07. The van der Waals surface area contributed by atoms with Gasteiger partial charge >= 0.3 is 5.97 Å². The Morgan fingerprint density at radius 3 is 2.63 bits per heavy atom. The Kier molecular flexibility index (Phi) is 3.75. The predicted octanol–water partition coefficient (Wildman–Crippen LogP) is 2.87. The van der Waals surface area contributed by atoms with Crippen LogP contribution in [0.4, 0.5) is 0 Å². The van der Waals surface area contributed by atoms with E-state index in [1.54, 1.807) is 6.07 Å². The van der Waals surface area contributed by atoms with Gasteiger partial charge in [0.05, 0.1) is 12.7 Å². The SMILES string of the molecule is COc1ccc(C(=O)O)cc1OCc1ccc(C)o1. The maximum absolute atomic E-state index is 10.9. The van der Waals surface area contributed by atoms with Crippen molar-refractivity contribution < 1.29 is 23.8 Å². The Balaban J connectivity index is 2.17. The maximum Gasteiger partial charge on any atom is 0.335 e. The summed E-state index contributed by atoms with van der Waals surface area (Å²) in [5.41, 5.74) is 0.145. The summed E-state index contributed by atoms with van der Waals surface area (Å²) in [6.45, 7) is 2.06. The monoisotopic (exact) mass is 262 g/mol. The Labute approximate surface area is 110 Å². The van der Waals surface area contributed by atoms with Gasteiger partial charge in [-0.1, -0.05) is 0 Å². The zero-order valence-electron chi connectivity index (χ0n) is 10.7.